The fraction of sp³-hybridized carbons (Fsp3) is 0.947. The molecule has 0 spiro atoms. The van der Waals surface area contributed by atoms with Crippen LogP contribution >= 0.6 is 11.8 Å². The Morgan fingerprint density at radius 1 is 1.26 bits per heavy atom. The van der Waals surface area contributed by atoms with Crippen LogP contribution < -0.4 is 10.6 Å². The van der Waals surface area contributed by atoms with Crippen molar-refractivity contribution in [3.05, 3.63) is 0 Å². The van der Waals surface area contributed by atoms with Gasteiger partial charge >= 0.3 is 0 Å². The van der Waals surface area contributed by atoms with Gasteiger partial charge in [0.1, 0.15) is 29.9 Å². The second-order valence-corrected chi connectivity index (χ2v) is 9.10. The Morgan fingerprint density at radius 2 is 1.96 bits per heavy atom. The van der Waals surface area contributed by atoms with Crippen LogP contribution in [0.25, 0.3) is 0 Å². The summed E-state index contributed by atoms with van der Waals surface area (Å²) in [6.45, 7) is 6.91. The number of ether oxygens (including phenoxy) is 1. The van der Waals surface area contributed by atoms with E-state index in [2.05, 4.69) is 17.6 Å². The van der Waals surface area contributed by atoms with Crippen LogP contribution in [0, 0.1) is 11.8 Å². The van der Waals surface area contributed by atoms with Crippen molar-refractivity contribution in [3.8, 4) is 0 Å². The number of unbranched alkanes of at least 4 members (excludes halogenated alkanes) is 1. The molecule has 27 heavy (non-hydrogen) atoms. The summed E-state index contributed by atoms with van der Waals surface area (Å²) in [5, 5.41) is 37.0. The molecule has 0 saturated carbocycles. The number of carbonyl (C=O) groups excluding carboxylic acids is 1. The van der Waals surface area contributed by atoms with E-state index in [0.717, 1.165) is 25.8 Å². The van der Waals surface area contributed by atoms with E-state index in [4.69, 9.17) is 4.74 Å². The van der Waals surface area contributed by atoms with Gasteiger partial charge in [-0.05, 0) is 37.5 Å². The van der Waals surface area contributed by atoms with E-state index in [1.807, 2.05) is 13.8 Å². The van der Waals surface area contributed by atoms with Gasteiger partial charge in [0.15, 0.2) is 0 Å². The zero-order valence-corrected chi connectivity index (χ0v) is 17.6. The molecule has 0 bridgehead atoms. The Hall–Kier alpha value is -0.380. The smallest absolute Gasteiger partial charge is 0.237 e. The van der Waals surface area contributed by atoms with Crippen molar-refractivity contribution in [1.29, 1.82) is 0 Å². The first-order valence-electron chi connectivity index (χ1n) is 10.1. The lowest BCUT2D eigenvalue weighted by Gasteiger charge is -2.44. The minimum atomic E-state index is -1.30. The topological polar surface area (TPSA) is 111 Å². The minimum absolute atomic E-state index is 0.00385. The highest BCUT2D eigenvalue weighted by Crippen LogP contribution is 2.30. The number of thioether (sulfide) groups is 1. The summed E-state index contributed by atoms with van der Waals surface area (Å²) in [4.78, 5) is 12.8. The summed E-state index contributed by atoms with van der Waals surface area (Å²) in [7, 11) is 0. The third-order valence-corrected chi connectivity index (χ3v) is 6.58. The van der Waals surface area contributed by atoms with Crippen molar-refractivity contribution < 1.29 is 24.9 Å². The lowest BCUT2D eigenvalue weighted by Crippen LogP contribution is -2.64. The highest BCUT2D eigenvalue weighted by atomic mass is 32.2. The number of hydrogen-bond acceptors (Lipinski definition) is 7. The van der Waals surface area contributed by atoms with Gasteiger partial charge in [-0.25, -0.2) is 0 Å². The lowest BCUT2D eigenvalue weighted by molar-refractivity contribution is -0.208. The van der Waals surface area contributed by atoms with E-state index < -0.39 is 35.9 Å². The minimum Gasteiger partial charge on any atom is -0.388 e. The van der Waals surface area contributed by atoms with Crippen LogP contribution in [0.5, 0.6) is 0 Å². The number of nitrogens with one attached hydrogen (secondary N) is 2. The molecule has 2 aliphatic rings. The molecule has 2 aliphatic heterocycles. The van der Waals surface area contributed by atoms with Gasteiger partial charge in [-0.3, -0.25) is 4.79 Å². The van der Waals surface area contributed by atoms with Gasteiger partial charge in [-0.15, -0.1) is 11.8 Å². The second kappa shape index (κ2) is 10.4. The zero-order chi connectivity index (χ0) is 20.1. The molecule has 1 amide bonds. The Kier molecular flexibility index (Phi) is 8.83. The zero-order valence-electron chi connectivity index (χ0n) is 16.8. The molecule has 8 atom stereocenters. The van der Waals surface area contributed by atoms with Crippen LogP contribution in [0.4, 0.5) is 0 Å². The van der Waals surface area contributed by atoms with E-state index >= 15 is 0 Å². The molecule has 2 rings (SSSR count). The molecule has 0 aliphatic carbocycles. The van der Waals surface area contributed by atoms with Crippen LogP contribution in [0.15, 0.2) is 0 Å². The van der Waals surface area contributed by atoms with E-state index in [0.29, 0.717) is 5.92 Å². The predicted octanol–water partition coefficient (Wildman–Crippen LogP) is 0.466. The van der Waals surface area contributed by atoms with Gasteiger partial charge in [-0.2, -0.15) is 0 Å². The van der Waals surface area contributed by atoms with Gasteiger partial charge in [0.2, 0.25) is 5.91 Å². The maximum Gasteiger partial charge on any atom is 0.237 e. The van der Waals surface area contributed by atoms with Crippen molar-refractivity contribution in [2.24, 2.45) is 11.8 Å². The molecule has 0 aromatic rings. The molecule has 2 saturated heterocycles. The molecule has 0 unspecified atom stereocenters. The fourth-order valence-corrected chi connectivity index (χ4v) is 4.66. The Balaban J connectivity index is 2.01. The van der Waals surface area contributed by atoms with Gasteiger partial charge < -0.3 is 30.7 Å². The molecule has 158 valence electrons. The highest BCUT2D eigenvalue weighted by molar-refractivity contribution is 7.99. The summed E-state index contributed by atoms with van der Waals surface area (Å²) >= 11 is 1.28. The van der Waals surface area contributed by atoms with Crippen LogP contribution in [0.3, 0.4) is 0 Å². The SMILES string of the molecule is CCCC[C@H]1CN[C@H](C(=O)N[C@H](C(C)C)[C@H]2O[C@H](SC)[C@H](O)[C@@H](O)[C@H]2O)C1. The number of rotatable bonds is 8. The molecular formula is C19H36N2O5S. The maximum atomic E-state index is 12.8. The van der Waals surface area contributed by atoms with Crippen molar-refractivity contribution >= 4 is 17.7 Å². The van der Waals surface area contributed by atoms with E-state index in [9.17, 15) is 20.1 Å². The predicted molar refractivity (Wildman–Crippen MR) is 106 cm³/mol. The monoisotopic (exact) mass is 404 g/mol. The van der Waals surface area contributed by atoms with E-state index in [1.165, 1.54) is 18.2 Å². The van der Waals surface area contributed by atoms with Crippen LogP contribution in [0.1, 0.15) is 46.5 Å². The molecule has 7 nitrogen and oxygen atoms in total. The summed E-state index contributed by atoms with van der Waals surface area (Å²) in [5.41, 5.74) is -0.644. The Bertz CT molecular complexity index is 479. The van der Waals surface area contributed by atoms with Crippen molar-refractivity contribution in [1.82, 2.24) is 10.6 Å². The summed E-state index contributed by atoms with van der Waals surface area (Å²) in [5.74, 6) is 0.424. The average Bonchev–Trinajstić information content (AvgIpc) is 3.12. The van der Waals surface area contributed by atoms with Crippen molar-refractivity contribution in [3.63, 3.8) is 0 Å². The third-order valence-electron chi connectivity index (χ3n) is 5.72. The molecule has 0 aromatic heterocycles. The average molecular weight is 405 g/mol. The van der Waals surface area contributed by atoms with Crippen molar-refractivity contribution in [2.45, 2.75) is 88.4 Å². The van der Waals surface area contributed by atoms with Crippen LogP contribution in [-0.2, 0) is 9.53 Å². The summed E-state index contributed by atoms with van der Waals surface area (Å²) in [6, 6.07) is -0.693. The number of aliphatic hydroxyl groups excluding tert-OH is 3. The Morgan fingerprint density at radius 3 is 2.56 bits per heavy atom. The molecule has 0 aromatic carbocycles. The molecule has 8 heteroatoms. The quantitative estimate of drug-likeness (QED) is 0.400. The van der Waals surface area contributed by atoms with Gasteiger partial charge in [0.25, 0.3) is 0 Å². The van der Waals surface area contributed by atoms with Gasteiger partial charge in [0.05, 0.1) is 12.1 Å². The van der Waals surface area contributed by atoms with Crippen molar-refractivity contribution in [2.75, 3.05) is 12.8 Å². The Labute approximate surface area is 166 Å². The number of aliphatic hydroxyl groups is 3. The molecular weight excluding hydrogens is 368 g/mol. The van der Waals surface area contributed by atoms with E-state index in [-0.39, 0.29) is 17.9 Å². The first-order chi connectivity index (χ1) is 12.8. The van der Waals surface area contributed by atoms with E-state index in [1.54, 1.807) is 6.26 Å². The standard InChI is InChI=1S/C19H36N2O5S/c1-5-6-7-11-8-12(20-9-11)18(25)21-13(10(2)3)17-15(23)14(22)16(24)19(26-17)27-4/h10-17,19-20,22-24H,5-9H2,1-4H3,(H,21,25)/t11-,12+,13-,14+,15-,16-,17-,19-/m1/s1. The van der Waals surface area contributed by atoms with Crippen LogP contribution in [0.2, 0.25) is 0 Å². The molecule has 0 radical (unpaired) electrons. The third kappa shape index (κ3) is 5.58. The summed E-state index contributed by atoms with van der Waals surface area (Å²) in [6.07, 6.45) is 1.56. The largest absolute Gasteiger partial charge is 0.388 e. The molecule has 2 heterocycles. The van der Waals surface area contributed by atoms with Gasteiger partial charge in [-0.1, -0.05) is 33.6 Å². The molecule has 5 N–H and O–H groups in total. The second-order valence-electron chi connectivity index (χ2n) is 8.16. The number of hydrogen-bond donors (Lipinski definition) is 5. The molecule has 2 fully saturated rings. The first-order valence-corrected chi connectivity index (χ1v) is 11.3. The van der Waals surface area contributed by atoms with Gasteiger partial charge in [0, 0.05) is 0 Å². The maximum absolute atomic E-state index is 12.8. The number of carbonyl (C=O) groups is 1. The first kappa shape index (κ1) is 22.9. The highest BCUT2D eigenvalue weighted by Gasteiger charge is 2.47. The van der Waals surface area contributed by atoms with Crippen LogP contribution in [-0.4, -0.2) is 76.0 Å². The lowest BCUT2D eigenvalue weighted by atomic mass is 9.88. The number of amides is 1. The summed E-state index contributed by atoms with van der Waals surface area (Å²) < 4.78 is 5.86. The fourth-order valence-electron chi connectivity index (χ4n) is 3.98. The normalized spacial score (nSPS) is 38.1.